The van der Waals surface area contributed by atoms with Gasteiger partial charge in [-0.25, -0.2) is 0 Å². The summed E-state index contributed by atoms with van der Waals surface area (Å²) in [6.45, 7) is 6.35. The number of hydrogen-bond acceptors (Lipinski definition) is 5. The summed E-state index contributed by atoms with van der Waals surface area (Å²) in [5, 5.41) is 29.0. The molecule has 0 radical (unpaired) electrons. The van der Waals surface area contributed by atoms with E-state index in [-0.39, 0.29) is 48.6 Å². The highest BCUT2D eigenvalue weighted by atomic mass is 16.5. The number of hydrogen-bond donors (Lipinski definition) is 3. The number of rotatable bonds is 13. The first-order valence-electron chi connectivity index (χ1n) is 12.4. The summed E-state index contributed by atoms with van der Waals surface area (Å²) >= 11 is 0. The van der Waals surface area contributed by atoms with Crippen LogP contribution in [0.15, 0.2) is 23.8 Å². The first kappa shape index (κ1) is 26.6. The third-order valence-corrected chi connectivity index (χ3v) is 7.01. The Bertz CT molecular complexity index is 663. The molecule has 3 N–H and O–H groups in total. The van der Waals surface area contributed by atoms with Crippen LogP contribution in [-0.2, 0) is 14.3 Å². The van der Waals surface area contributed by atoms with Gasteiger partial charge in [-0.2, -0.15) is 0 Å². The van der Waals surface area contributed by atoms with Crippen molar-refractivity contribution in [2.45, 2.75) is 103 Å². The zero-order valence-electron chi connectivity index (χ0n) is 19.9. The van der Waals surface area contributed by atoms with E-state index in [0.29, 0.717) is 6.42 Å². The molecule has 6 nitrogen and oxygen atoms in total. The maximum absolute atomic E-state index is 13.0. The zero-order valence-corrected chi connectivity index (χ0v) is 19.9. The normalized spacial score (nSPS) is 26.9. The van der Waals surface area contributed by atoms with Gasteiger partial charge in [-0.05, 0) is 62.4 Å². The topological polar surface area (TPSA) is 104 Å². The van der Waals surface area contributed by atoms with Crippen LogP contribution in [0.1, 0.15) is 85.0 Å². The van der Waals surface area contributed by atoms with Gasteiger partial charge >= 0.3 is 11.9 Å². The number of aliphatic hydroxyl groups is 2. The predicted molar refractivity (Wildman–Crippen MR) is 124 cm³/mol. The Labute approximate surface area is 192 Å². The second kappa shape index (κ2) is 13.1. The Balaban J connectivity index is 2.06. The molecule has 0 aliphatic heterocycles. The summed E-state index contributed by atoms with van der Waals surface area (Å²) < 4.78 is 6.14. The van der Waals surface area contributed by atoms with Gasteiger partial charge in [0.25, 0.3) is 0 Å². The van der Waals surface area contributed by atoms with Crippen LogP contribution in [0.5, 0.6) is 0 Å². The van der Waals surface area contributed by atoms with Crippen molar-refractivity contribution in [3.8, 4) is 0 Å². The number of carboxylic acids is 1. The van der Waals surface area contributed by atoms with Crippen molar-refractivity contribution >= 4 is 11.9 Å². The number of aliphatic carboxylic acids is 1. The molecular formula is C26H42O6. The average Bonchev–Trinajstić information content (AvgIpc) is 2.72. The minimum absolute atomic E-state index is 0.0353. The lowest BCUT2D eigenvalue weighted by Crippen LogP contribution is -2.40. The number of allylic oxidation sites excluding steroid dienone is 3. The Morgan fingerprint density at radius 2 is 1.81 bits per heavy atom. The monoisotopic (exact) mass is 450 g/mol. The number of esters is 1. The largest absolute Gasteiger partial charge is 0.481 e. The maximum atomic E-state index is 13.0. The smallest absolute Gasteiger partial charge is 0.309 e. The molecule has 2 rings (SSSR count). The van der Waals surface area contributed by atoms with E-state index in [2.05, 4.69) is 39.0 Å². The van der Waals surface area contributed by atoms with E-state index < -0.39 is 18.2 Å². The van der Waals surface area contributed by atoms with Crippen LogP contribution in [0.25, 0.3) is 0 Å². The van der Waals surface area contributed by atoms with Gasteiger partial charge in [-0.1, -0.05) is 51.8 Å². The predicted octanol–water partition coefficient (Wildman–Crippen LogP) is 4.64. The molecule has 0 heterocycles. The second-order valence-electron chi connectivity index (χ2n) is 9.66. The number of carboxylic acid groups (broad SMARTS) is 1. The number of fused-ring (bicyclic) bond motifs is 1. The molecule has 0 amide bonds. The number of carbonyl (C=O) groups excluding carboxylic acids is 1. The molecule has 0 spiro atoms. The molecular weight excluding hydrogens is 408 g/mol. The summed E-state index contributed by atoms with van der Waals surface area (Å²) in [6.07, 6.45) is 10.9. The van der Waals surface area contributed by atoms with Crippen LogP contribution in [-0.4, -0.2) is 45.6 Å². The standard InChI is InChI=1S/C26H42O6/c1-4-7-19(8-5-2)26(31)32-23-10-6-9-18-12-11-17(3)22(25(18)23)14-13-20(27)15-21(28)16-24(29)30/h9,11-12,17,19-23,25,27-28H,4-8,10,13-16H2,1-3H3,(H,29,30)/t17-,20+,21+,22-,23-,25-/m0/s1. The quantitative estimate of drug-likeness (QED) is 0.353. The van der Waals surface area contributed by atoms with Crippen LogP contribution in [0, 0.1) is 23.7 Å². The van der Waals surface area contributed by atoms with Crippen LogP contribution in [0.4, 0.5) is 0 Å². The molecule has 0 aromatic rings. The van der Waals surface area contributed by atoms with Gasteiger partial charge < -0.3 is 20.1 Å². The molecule has 0 aromatic carbocycles. The molecule has 0 bridgehead atoms. The molecule has 0 unspecified atom stereocenters. The van der Waals surface area contributed by atoms with Crippen LogP contribution >= 0.6 is 0 Å². The van der Waals surface area contributed by atoms with Crippen molar-refractivity contribution in [2.75, 3.05) is 0 Å². The molecule has 182 valence electrons. The van der Waals surface area contributed by atoms with E-state index in [1.807, 2.05) is 0 Å². The fourth-order valence-electron chi connectivity index (χ4n) is 5.38. The molecule has 0 fully saturated rings. The van der Waals surface area contributed by atoms with Gasteiger partial charge in [0.2, 0.25) is 0 Å². The summed E-state index contributed by atoms with van der Waals surface area (Å²) in [4.78, 5) is 23.7. The minimum Gasteiger partial charge on any atom is -0.481 e. The molecule has 0 saturated heterocycles. The molecule has 0 saturated carbocycles. The molecule has 2 aliphatic rings. The van der Waals surface area contributed by atoms with Crippen LogP contribution in [0.2, 0.25) is 0 Å². The fraction of sp³-hybridized carbons (Fsp3) is 0.769. The van der Waals surface area contributed by atoms with Crippen molar-refractivity contribution in [1.29, 1.82) is 0 Å². The second-order valence-corrected chi connectivity index (χ2v) is 9.66. The van der Waals surface area contributed by atoms with Gasteiger partial charge in [0.1, 0.15) is 6.10 Å². The summed E-state index contributed by atoms with van der Waals surface area (Å²) in [7, 11) is 0. The molecule has 6 heteroatoms. The van der Waals surface area contributed by atoms with Gasteiger partial charge in [0.15, 0.2) is 0 Å². The number of aliphatic hydroxyl groups excluding tert-OH is 2. The minimum atomic E-state index is -1.07. The summed E-state index contributed by atoms with van der Waals surface area (Å²) in [5.41, 5.74) is 1.22. The molecule has 32 heavy (non-hydrogen) atoms. The van der Waals surface area contributed by atoms with Crippen LogP contribution < -0.4 is 0 Å². The summed E-state index contributed by atoms with van der Waals surface area (Å²) in [6, 6.07) is 0. The zero-order chi connectivity index (χ0) is 23.7. The number of carbonyl (C=O) groups is 2. The van der Waals surface area contributed by atoms with E-state index in [0.717, 1.165) is 44.9 Å². The van der Waals surface area contributed by atoms with E-state index >= 15 is 0 Å². The molecule has 2 aliphatic carbocycles. The lowest BCUT2D eigenvalue weighted by Gasteiger charge is -2.42. The Morgan fingerprint density at radius 1 is 1.12 bits per heavy atom. The first-order chi connectivity index (χ1) is 15.3. The van der Waals surface area contributed by atoms with Gasteiger partial charge in [-0.3, -0.25) is 9.59 Å². The molecule has 6 atom stereocenters. The third kappa shape index (κ3) is 7.73. The van der Waals surface area contributed by atoms with Gasteiger partial charge in [-0.15, -0.1) is 0 Å². The summed E-state index contributed by atoms with van der Waals surface area (Å²) in [5.74, 6) is -0.541. The van der Waals surface area contributed by atoms with E-state index in [1.54, 1.807) is 0 Å². The van der Waals surface area contributed by atoms with Crippen molar-refractivity contribution in [2.24, 2.45) is 23.7 Å². The van der Waals surface area contributed by atoms with Gasteiger partial charge in [0, 0.05) is 5.92 Å². The molecule has 0 aromatic heterocycles. The SMILES string of the molecule is CCCC(CCC)C(=O)O[C@H]1CCC=C2C=C[C@H](C)[C@H](CC[C@@H](O)C[C@@H](O)CC(=O)O)[C@H]21. The van der Waals surface area contributed by atoms with E-state index in [1.165, 1.54) is 5.57 Å². The van der Waals surface area contributed by atoms with Crippen molar-refractivity contribution in [1.82, 2.24) is 0 Å². The Hall–Kier alpha value is -1.66. The van der Waals surface area contributed by atoms with E-state index in [9.17, 15) is 19.8 Å². The first-order valence-corrected chi connectivity index (χ1v) is 12.4. The van der Waals surface area contributed by atoms with Crippen molar-refractivity contribution in [3.63, 3.8) is 0 Å². The maximum Gasteiger partial charge on any atom is 0.309 e. The highest BCUT2D eigenvalue weighted by molar-refractivity contribution is 5.72. The average molecular weight is 451 g/mol. The Morgan fingerprint density at radius 3 is 2.44 bits per heavy atom. The fourth-order valence-corrected chi connectivity index (χ4v) is 5.38. The van der Waals surface area contributed by atoms with E-state index in [4.69, 9.17) is 9.84 Å². The third-order valence-electron chi connectivity index (χ3n) is 7.01. The van der Waals surface area contributed by atoms with Gasteiger partial charge in [0.05, 0.1) is 24.5 Å². The lowest BCUT2D eigenvalue weighted by atomic mass is 9.66. The highest BCUT2D eigenvalue weighted by Gasteiger charge is 2.40. The number of ether oxygens (including phenoxy) is 1. The highest BCUT2D eigenvalue weighted by Crippen LogP contribution is 2.44. The lowest BCUT2D eigenvalue weighted by molar-refractivity contribution is -0.159. The van der Waals surface area contributed by atoms with Crippen molar-refractivity contribution in [3.05, 3.63) is 23.8 Å². The van der Waals surface area contributed by atoms with Crippen molar-refractivity contribution < 1.29 is 29.6 Å². The van der Waals surface area contributed by atoms with Crippen LogP contribution in [0.3, 0.4) is 0 Å². The Kier molecular flexibility index (Phi) is 10.9.